The van der Waals surface area contributed by atoms with E-state index in [1.165, 1.54) is 11.8 Å². The first-order valence-corrected chi connectivity index (χ1v) is 9.25. The monoisotopic (exact) mass is 407 g/mol. The highest BCUT2D eigenvalue weighted by molar-refractivity contribution is 7.98. The summed E-state index contributed by atoms with van der Waals surface area (Å²) in [4.78, 5) is 57.2. The number of nitrogens with two attached hydrogens (primary N) is 2. The first-order chi connectivity index (χ1) is 12.6. The van der Waals surface area contributed by atoms with Crippen molar-refractivity contribution in [3.05, 3.63) is 0 Å². The molecular weight excluding hydrogens is 382 g/mol. The Morgan fingerprint density at radius 1 is 1.07 bits per heavy atom. The Morgan fingerprint density at radius 2 is 1.70 bits per heavy atom. The number of aliphatic carboxylic acids is 1. The van der Waals surface area contributed by atoms with Crippen molar-refractivity contribution in [1.29, 1.82) is 0 Å². The van der Waals surface area contributed by atoms with Gasteiger partial charge in [0.15, 0.2) is 0 Å². The molecule has 13 heteroatoms. The Bertz CT molecular complexity index is 560. The minimum Gasteiger partial charge on any atom is -0.480 e. The van der Waals surface area contributed by atoms with E-state index < -0.39 is 67.3 Å². The lowest BCUT2D eigenvalue weighted by Gasteiger charge is -2.20. The van der Waals surface area contributed by atoms with E-state index in [2.05, 4.69) is 16.0 Å². The molecule has 0 aromatic rings. The standard InChI is InChI=1S/C14H25N5O7S/c1-27-3-2-8(14(25)26)19-13(24)9(6-20)18-11(22)5-17-12(23)7(15)4-10(16)21/h7-9,20H,2-6,15H2,1H3,(H2,16,21)(H,17,23)(H,18,22)(H,19,24)(H,25,26). The maximum absolute atomic E-state index is 12.0. The average molecular weight is 407 g/mol. The van der Waals surface area contributed by atoms with Crippen LogP contribution < -0.4 is 27.4 Å². The van der Waals surface area contributed by atoms with Crippen LogP contribution in [0.4, 0.5) is 0 Å². The van der Waals surface area contributed by atoms with Gasteiger partial charge < -0.3 is 37.6 Å². The lowest BCUT2D eigenvalue weighted by Crippen LogP contribution is -2.55. The molecule has 0 saturated heterocycles. The van der Waals surface area contributed by atoms with E-state index in [1.54, 1.807) is 6.26 Å². The van der Waals surface area contributed by atoms with Gasteiger partial charge in [0, 0.05) is 0 Å². The molecule has 9 N–H and O–H groups in total. The minimum absolute atomic E-state index is 0.169. The second-order valence-corrected chi connectivity index (χ2v) is 6.46. The van der Waals surface area contributed by atoms with E-state index >= 15 is 0 Å². The number of carbonyl (C=O) groups excluding carboxylic acids is 4. The molecular formula is C14H25N5O7S. The SMILES string of the molecule is CSCCC(NC(=O)C(CO)NC(=O)CNC(=O)C(N)CC(N)=O)C(=O)O. The average Bonchev–Trinajstić information content (AvgIpc) is 2.59. The highest BCUT2D eigenvalue weighted by Crippen LogP contribution is 2.01. The molecule has 0 aliphatic rings. The van der Waals surface area contributed by atoms with Gasteiger partial charge in [-0.2, -0.15) is 11.8 Å². The normalized spacial score (nSPS) is 13.7. The number of carbonyl (C=O) groups is 5. The third-order valence-electron chi connectivity index (χ3n) is 3.24. The van der Waals surface area contributed by atoms with Gasteiger partial charge in [0.2, 0.25) is 23.6 Å². The van der Waals surface area contributed by atoms with Crippen LogP contribution in [0.3, 0.4) is 0 Å². The number of primary amides is 1. The van der Waals surface area contributed by atoms with Gasteiger partial charge in [0.1, 0.15) is 12.1 Å². The number of amides is 4. The first-order valence-electron chi connectivity index (χ1n) is 7.86. The number of hydrogen-bond donors (Lipinski definition) is 7. The molecule has 12 nitrogen and oxygen atoms in total. The molecule has 0 aromatic carbocycles. The number of hydrogen-bond acceptors (Lipinski definition) is 8. The summed E-state index contributed by atoms with van der Waals surface area (Å²) in [7, 11) is 0. The molecule has 0 aromatic heterocycles. The van der Waals surface area contributed by atoms with Crippen LogP contribution in [0, 0.1) is 0 Å². The van der Waals surface area contributed by atoms with E-state index in [0.717, 1.165) is 0 Å². The quantitative estimate of drug-likeness (QED) is 0.159. The lowest BCUT2D eigenvalue weighted by atomic mass is 10.2. The fourth-order valence-electron chi connectivity index (χ4n) is 1.81. The molecule has 4 amide bonds. The predicted octanol–water partition coefficient (Wildman–Crippen LogP) is -3.90. The van der Waals surface area contributed by atoms with Crippen molar-refractivity contribution in [3.8, 4) is 0 Å². The highest BCUT2D eigenvalue weighted by atomic mass is 32.2. The van der Waals surface area contributed by atoms with Crippen LogP contribution in [0.2, 0.25) is 0 Å². The fraction of sp³-hybridized carbons (Fsp3) is 0.643. The van der Waals surface area contributed by atoms with E-state index in [0.29, 0.717) is 5.75 Å². The molecule has 0 fully saturated rings. The third kappa shape index (κ3) is 10.4. The van der Waals surface area contributed by atoms with Crippen LogP contribution in [-0.4, -0.2) is 83.1 Å². The zero-order valence-electron chi connectivity index (χ0n) is 14.8. The van der Waals surface area contributed by atoms with Crippen molar-refractivity contribution in [2.24, 2.45) is 11.5 Å². The van der Waals surface area contributed by atoms with Crippen molar-refractivity contribution >= 4 is 41.4 Å². The Morgan fingerprint density at radius 3 is 2.19 bits per heavy atom. The zero-order valence-corrected chi connectivity index (χ0v) is 15.6. The molecule has 0 bridgehead atoms. The molecule has 0 aliphatic heterocycles. The third-order valence-corrected chi connectivity index (χ3v) is 3.88. The molecule has 0 saturated carbocycles. The Labute approximate surface area is 159 Å². The van der Waals surface area contributed by atoms with E-state index in [1.807, 2.05) is 0 Å². The summed E-state index contributed by atoms with van der Waals surface area (Å²) in [6, 6.07) is -3.78. The van der Waals surface area contributed by atoms with Crippen LogP contribution in [0.5, 0.6) is 0 Å². The topological polar surface area (TPSA) is 214 Å². The molecule has 27 heavy (non-hydrogen) atoms. The van der Waals surface area contributed by atoms with Crippen LogP contribution in [0.1, 0.15) is 12.8 Å². The zero-order chi connectivity index (χ0) is 21.0. The number of carboxylic acids is 1. The van der Waals surface area contributed by atoms with Crippen LogP contribution in [0.25, 0.3) is 0 Å². The molecule has 0 heterocycles. The van der Waals surface area contributed by atoms with Crippen molar-refractivity contribution in [2.45, 2.75) is 31.0 Å². The summed E-state index contributed by atoms with van der Waals surface area (Å²) in [5.74, 6) is -4.03. The maximum Gasteiger partial charge on any atom is 0.326 e. The smallest absolute Gasteiger partial charge is 0.326 e. The van der Waals surface area contributed by atoms with Gasteiger partial charge in [-0.15, -0.1) is 0 Å². The molecule has 3 atom stereocenters. The van der Waals surface area contributed by atoms with Crippen LogP contribution in [-0.2, 0) is 24.0 Å². The Hall–Kier alpha value is -2.38. The van der Waals surface area contributed by atoms with Crippen molar-refractivity contribution in [3.63, 3.8) is 0 Å². The number of aliphatic hydroxyl groups is 1. The summed E-state index contributed by atoms with van der Waals surface area (Å²) in [5, 5.41) is 24.9. The number of rotatable bonds is 13. The summed E-state index contributed by atoms with van der Waals surface area (Å²) in [6.45, 7) is -1.34. The summed E-state index contributed by atoms with van der Waals surface area (Å²) < 4.78 is 0. The number of thioether (sulfide) groups is 1. The van der Waals surface area contributed by atoms with Gasteiger partial charge in [-0.25, -0.2) is 4.79 Å². The number of nitrogens with one attached hydrogen (secondary N) is 3. The molecule has 3 unspecified atom stereocenters. The van der Waals surface area contributed by atoms with Crippen molar-refractivity contribution in [2.75, 3.05) is 25.2 Å². The number of aliphatic hydroxyl groups excluding tert-OH is 1. The maximum atomic E-state index is 12.0. The summed E-state index contributed by atoms with van der Waals surface area (Å²) in [6.07, 6.45) is 1.55. The van der Waals surface area contributed by atoms with E-state index in [9.17, 15) is 29.1 Å². The van der Waals surface area contributed by atoms with E-state index in [-0.39, 0.29) is 6.42 Å². The lowest BCUT2D eigenvalue weighted by molar-refractivity contribution is -0.142. The second kappa shape index (κ2) is 12.9. The molecule has 154 valence electrons. The van der Waals surface area contributed by atoms with Crippen LogP contribution >= 0.6 is 11.8 Å². The summed E-state index contributed by atoms with van der Waals surface area (Å²) >= 11 is 1.40. The predicted molar refractivity (Wildman–Crippen MR) is 96.4 cm³/mol. The number of carboxylic acid groups (broad SMARTS) is 1. The van der Waals surface area contributed by atoms with Gasteiger partial charge in [0.25, 0.3) is 0 Å². The Kier molecular flexibility index (Phi) is 11.8. The van der Waals surface area contributed by atoms with Crippen molar-refractivity contribution in [1.82, 2.24) is 16.0 Å². The van der Waals surface area contributed by atoms with Gasteiger partial charge in [-0.1, -0.05) is 0 Å². The Balaban J connectivity index is 4.57. The molecule has 0 radical (unpaired) electrons. The highest BCUT2D eigenvalue weighted by Gasteiger charge is 2.26. The van der Waals surface area contributed by atoms with Gasteiger partial charge in [-0.3, -0.25) is 19.2 Å². The fourth-order valence-corrected chi connectivity index (χ4v) is 2.28. The van der Waals surface area contributed by atoms with Crippen molar-refractivity contribution < 1.29 is 34.2 Å². The first kappa shape index (κ1) is 24.6. The molecule has 0 rings (SSSR count). The molecule has 0 aliphatic carbocycles. The van der Waals surface area contributed by atoms with Crippen LogP contribution in [0.15, 0.2) is 0 Å². The van der Waals surface area contributed by atoms with Gasteiger partial charge >= 0.3 is 5.97 Å². The van der Waals surface area contributed by atoms with E-state index in [4.69, 9.17) is 16.6 Å². The van der Waals surface area contributed by atoms with Gasteiger partial charge in [-0.05, 0) is 18.4 Å². The summed E-state index contributed by atoms with van der Waals surface area (Å²) in [5.41, 5.74) is 10.3. The molecule has 0 spiro atoms. The van der Waals surface area contributed by atoms with Gasteiger partial charge in [0.05, 0.1) is 25.6 Å². The second-order valence-electron chi connectivity index (χ2n) is 5.48. The largest absolute Gasteiger partial charge is 0.480 e. The minimum atomic E-state index is -1.40.